The van der Waals surface area contributed by atoms with Crippen molar-refractivity contribution in [2.24, 2.45) is 0 Å². The molecule has 1 N–H and O–H groups in total. The van der Waals surface area contributed by atoms with Gasteiger partial charge in [-0.25, -0.2) is 0 Å². The van der Waals surface area contributed by atoms with Gasteiger partial charge in [0.2, 0.25) is 5.89 Å². The summed E-state index contributed by atoms with van der Waals surface area (Å²) in [6.45, 7) is 7.54. The lowest BCUT2D eigenvalue weighted by Gasteiger charge is -2.27. The molecule has 0 bridgehead atoms. The Kier molecular flexibility index (Phi) is 6.71. The lowest BCUT2D eigenvalue weighted by atomic mass is 10.1. The van der Waals surface area contributed by atoms with Crippen LogP contribution in [0.1, 0.15) is 50.6 Å². The van der Waals surface area contributed by atoms with Gasteiger partial charge in [-0.05, 0) is 19.4 Å². The molecule has 1 aromatic rings. The number of hydrogen-bond donors (Lipinski definition) is 1. The zero-order chi connectivity index (χ0) is 14.4. The summed E-state index contributed by atoms with van der Waals surface area (Å²) < 4.78 is 5.47. The van der Waals surface area contributed by atoms with E-state index in [0.717, 1.165) is 31.1 Å². The minimum atomic E-state index is 0.399. The smallest absolute Gasteiger partial charge is 0.228 e. The van der Waals surface area contributed by atoms with Gasteiger partial charge >= 0.3 is 0 Å². The molecule has 3 unspecified atom stereocenters. The van der Waals surface area contributed by atoms with E-state index in [1.54, 1.807) is 0 Å². The summed E-state index contributed by atoms with van der Waals surface area (Å²) in [5, 5.41) is 8.71. The van der Waals surface area contributed by atoms with Crippen molar-refractivity contribution >= 4 is 23.5 Å². The highest BCUT2D eigenvalue weighted by Gasteiger charge is 2.30. The van der Waals surface area contributed by atoms with E-state index in [9.17, 15) is 0 Å². The van der Waals surface area contributed by atoms with Gasteiger partial charge in [0.05, 0.1) is 5.25 Å². The molecule has 2 rings (SSSR count). The van der Waals surface area contributed by atoms with Crippen LogP contribution in [0.5, 0.6) is 0 Å². The maximum Gasteiger partial charge on any atom is 0.228 e. The summed E-state index contributed by atoms with van der Waals surface area (Å²) in [6, 6.07) is 0.434. The van der Waals surface area contributed by atoms with Crippen LogP contribution in [-0.2, 0) is 6.42 Å². The molecule has 6 heteroatoms. The third-order valence-corrected chi connectivity index (χ3v) is 6.84. The van der Waals surface area contributed by atoms with Crippen molar-refractivity contribution in [2.45, 2.75) is 56.6 Å². The standard InChI is InChI=1S/C14H25N3OS2/c1-4-10(15-6-3)9-12-16-14(17-18-12)13-11(5-2)19-7-8-20-13/h10-11,13,15H,4-9H2,1-3H3. The first-order valence-corrected chi connectivity index (χ1v) is 9.67. The molecular formula is C14H25N3OS2. The van der Waals surface area contributed by atoms with Crippen LogP contribution in [-0.4, -0.2) is 39.5 Å². The van der Waals surface area contributed by atoms with Crippen LogP contribution in [0.3, 0.4) is 0 Å². The number of nitrogens with one attached hydrogen (secondary N) is 1. The van der Waals surface area contributed by atoms with E-state index in [0.29, 0.717) is 16.5 Å². The fraction of sp³-hybridized carbons (Fsp3) is 0.857. The molecule has 1 aromatic heterocycles. The fourth-order valence-electron chi connectivity index (χ4n) is 2.47. The monoisotopic (exact) mass is 315 g/mol. The Balaban J connectivity index is 2.00. The van der Waals surface area contributed by atoms with E-state index in [4.69, 9.17) is 4.52 Å². The van der Waals surface area contributed by atoms with Crippen LogP contribution in [0.4, 0.5) is 0 Å². The number of likely N-dealkylation sites (N-methyl/N-ethyl adjacent to an activating group) is 1. The van der Waals surface area contributed by atoms with Crippen LogP contribution in [0, 0.1) is 0 Å². The molecule has 0 amide bonds. The van der Waals surface area contributed by atoms with Crippen molar-refractivity contribution in [1.82, 2.24) is 15.5 Å². The normalized spacial score (nSPS) is 24.8. The summed E-state index contributed by atoms with van der Waals surface area (Å²) in [7, 11) is 0. The molecule has 0 aromatic carbocycles. The van der Waals surface area contributed by atoms with Crippen LogP contribution >= 0.6 is 23.5 Å². The Morgan fingerprint density at radius 1 is 1.30 bits per heavy atom. The number of thioether (sulfide) groups is 2. The molecule has 0 radical (unpaired) electrons. The molecule has 1 aliphatic heterocycles. The highest BCUT2D eigenvalue weighted by Crippen LogP contribution is 2.42. The van der Waals surface area contributed by atoms with Crippen molar-refractivity contribution < 1.29 is 4.52 Å². The fourth-order valence-corrected chi connectivity index (χ4v) is 5.45. The van der Waals surface area contributed by atoms with Gasteiger partial charge in [-0.2, -0.15) is 16.7 Å². The van der Waals surface area contributed by atoms with E-state index in [1.807, 2.05) is 23.5 Å². The Labute approximate surface area is 130 Å². The van der Waals surface area contributed by atoms with Gasteiger partial charge in [0.15, 0.2) is 5.82 Å². The number of nitrogens with zero attached hydrogens (tertiary/aromatic N) is 2. The molecule has 0 spiro atoms. The molecule has 2 heterocycles. The zero-order valence-corrected chi connectivity index (χ0v) is 14.2. The van der Waals surface area contributed by atoms with Gasteiger partial charge in [-0.1, -0.05) is 25.9 Å². The molecule has 1 aliphatic rings. The lowest BCUT2D eigenvalue weighted by Crippen LogP contribution is -2.30. The minimum absolute atomic E-state index is 0.399. The van der Waals surface area contributed by atoms with E-state index < -0.39 is 0 Å². The van der Waals surface area contributed by atoms with Gasteiger partial charge in [0, 0.05) is 29.2 Å². The van der Waals surface area contributed by atoms with Crippen LogP contribution < -0.4 is 5.32 Å². The van der Waals surface area contributed by atoms with Crippen LogP contribution in [0.2, 0.25) is 0 Å². The molecule has 4 nitrogen and oxygen atoms in total. The number of rotatable bonds is 7. The first-order valence-electron chi connectivity index (χ1n) is 7.57. The Bertz CT molecular complexity index is 400. The Morgan fingerprint density at radius 2 is 2.10 bits per heavy atom. The SMILES string of the molecule is CCNC(CC)Cc1nc(C2SCCSC2CC)no1. The predicted molar refractivity (Wildman–Crippen MR) is 87.5 cm³/mol. The van der Waals surface area contributed by atoms with Crippen LogP contribution in [0.15, 0.2) is 4.52 Å². The summed E-state index contributed by atoms with van der Waals surface area (Å²) in [4.78, 5) is 4.65. The second-order valence-corrected chi connectivity index (χ2v) is 7.62. The largest absolute Gasteiger partial charge is 0.339 e. The highest BCUT2D eigenvalue weighted by atomic mass is 32.2. The quantitative estimate of drug-likeness (QED) is 0.833. The molecule has 114 valence electrons. The first kappa shape index (κ1) is 16.2. The summed E-state index contributed by atoms with van der Waals surface area (Å²) >= 11 is 4.02. The molecule has 3 atom stereocenters. The number of hydrogen-bond acceptors (Lipinski definition) is 6. The Hall–Kier alpha value is -0.200. The second-order valence-electron chi connectivity index (χ2n) is 5.02. The second kappa shape index (κ2) is 8.29. The van der Waals surface area contributed by atoms with Crippen molar-refractivity contribution in [2.75, 3.05) is 18.1 Å². The minimum Gasteiger partial charge on any atom is -0.339 e. The molecule has 1 saturated heterocycles. The first-order chi connectivity index (χ1) is 9.78. The van der Waals surface area contributed by atoms with Crippen molar-refractivity contribution in [1.29, 1.82) is 0 Å². The maximum absolute atomic E-state index is 5.47. The Morgan fingerprint density at radius 3 is 2.80 bits per heavy atom. The van der Waals surface area contributed by atoms with E-state index in [2.05, 4.69) is 36.2 Å². The third-order valence-electron chi connectivity index (χ3n) is 3.60. The molecule has 1 fully saturated rings. The summed E-state index contributed by atoms with van der Waals surface area (Å²) in [5.74, 6) is 4.10. The molecule has 20 heavy (non-hydrogen) atoms. The predicted octanol–water partition coefficient (Wildman–Crippen LogP) is 3.30. The van der Waals surface area contributed by atoms with Crippen LogP contribution in [0.25, 0.3) is 0 Å². The van der Waals surface area contributed by atoms with E-state index >= 15 is 0 Å². The van der Waals surface area contributed by atoms with Gasteiger partial charge in [-0.15, -0.1) is 11.8 Å². The van der Waals surface area contributed by atoms with E-state index in [1.165, 1.54) is 17.9 Å². The van der Waals surface area contributed by atoms with Gasteiger partial charge in [0.1, 0.15) is 0 Å². The van der Waals surface area contributed by atoms with Crippen molar-refractivity contribution in [3.63, 3.8) is 0 Å². The summed E-state index contributed by atoms with van der Waals surface area (Å²) in [6.07, 6.45) is 3.08. The van der Waals surface area contributed by atoms with Gasteiger partial charge < -0.3 is 9.84 Å². The molecule has 0 saturated carbocycles. The average molecular weight is 316 g/mol. The van der Waals surface area contributed by atoms with Crippen molar-refractivity contribution in [3.05, 3.63) is 11.7 Å². The summed E-state index contributed by atoms with van der Waals surface area (Å²) in [5.41, 5.74) is 0. The van der Waals surface area contributed by atoms with Gasteiger partial charge in [0.25, 0.3) is 0 Å². The van der Waals surface area contributed by atoms with Crippen molar-refractivity contribution in [3.8, 4) is 0 Å². The maximum atomic E-state index is 5.47. The van der Waals surface area contributed by atoms with Gasteiger partial charge in [-0.3, -0.25) is 0 Å². The van der Waals surface area contributed by atoms with E-state index in [-0.39, 0.29) is 0 Å². The lowest BCUT2D eigenvalue weighted by molar-refractivity contribution is 0.351. The topological polar surface area (TPSA) is 51.0 Å². The average Bonchev–Trinajstić information content (AvgIpc) is 2.95. The zero-order valence-electron chi connectivity index (χ0n) is 12.6. The molecule has 0 aliphatic carbocycles. The number of aromatic nitrogens is 2. The highest BCUT2D eigenvalue weighted by molar-refractivity contribution is 8.06. The molecular weight excluding hydrogens is 290 g/mol. The third kappa shape index (κ3) is 4.15.